The molecule has 0 unspecified atom stereocenters. The van der Waals surface area contributed by atoms with Gasteiger partial charge in [-0.15, -0.1) is 0 Å². The number of nitrogens with one attached hydrogen (secondary N) is 1. The molecule has 0 aromatic heterocycles. The molecule has 2 nitrogen and oxygen atoms in total. The molecular weight excluding hydrogens is 342 g/mol. The fraction of sp³-hybridized carbons (Fsp3) is 0. The molecule has 1 amide bonds. The molecule has 0 fully saturated rings. The van der Waals surface area contributed by atoms with Gasteiger partial charge in [0, 0.05) is 16.6 Å². The summed E-state index contributed by atoms with van der Waals surface area (Å²) in [6.45, 7) is 0. The van der Waals surface area contributed by atoms with Crippen molar-refractivity contribution in [2.24, 2.45) is 0 Å². The molecule has 0 atom stereocenters. The number of carbonyl (C=O) groups excluding carboxylic acids is 1. The first-order valence-corrected chi connectivity index (χ1v) is 6.08. The van der Waals surface area contributed by atoms with Crippen molar-refractivity contribution in [2.75, 3.05) is 5.32 Å². The second kappa shape index (κ2) is 5.62. The van der Waals surface area contributed by atoms with E-state index in [0.717, 1.165) is 12.1 Å². The van der Waals surface area contributed by atoms with Crippen molar-refractivity contribution in [3.05, 3.63) is 63.6 Å². The van der Waals surface area contributed by atoms with Crippen LogP contribution in [0.15, 0.2) is 34.8 Å². The first-order valence-electron chi connectivity index (χ1n) is 5.29. The molecule has 0 saturated heterocycles. The minimum absolute atomic E-state index is 0.400. The van der Waals surface area contributed by atoms with Gasteiger partial charge in [-0.25, -0.2) is 17.6 Å². The van der Waals surface area contributed by atoms with Gasteiger partial charge in [-0.1, -0.05) is 15.9 Å². The number of carbonyl (C=O) groups is 1. The highest BCUT2D eigenvalue weighted by Gasteiger charge is 2.18. The highest BCUT2D eigenvalue weighted by Crippen LogP contribution is 2.22. The van der Waals surface area contributed by atoms with E-state index in [1.165, 1.54) is 6.07 Å². The van der Waals surface area contributed by atoms with Gasteiger partial charge in [-0.3, -0.25) is 4.79 Å². The van der Waals surface area contributed by atoms with Crippen LogP contribution < -0.4 is 5.32 Å². The van der Waals surface area contributed by atoms with Crippen LogP contribution in [0.2, 0.25) is 0 Å². The number of hydrogen-bond acceptors (Lipinski definition) is 1. The van der Waals surface area contributed by atoms with Crippen molar-refractivity contribution in [1.29, 1.82) is 0 Å². The first kappa shape index (κ1) is 14.5. The number of anilines is 1. The lowest BCUT2D eigenvalue weighted by atomic mass is 10.2. The predicted octanol–water partition coefficient (Wildman–Crippen LogP) is 4.26. The first-order chi connectivity index (χ1) is 9.38. The van der Waals surface area contributed by atoms with E-state index in [1.807, 2.05) is 5.32 Å². The fourth-order valence-electron chi connectivity index (χ4n) is 1.51. The van der Waals surface area contributed by atoms with Gasteiger partial charge in [0.15, 0.2) is 11.6 Å². The van der Waals surface area contributed by atoms with E-state index in [4.69, 9.17) is 0 Å². The molecule has 0 aliphatic carbocycles. The minimum Gasteiger partial charge on any atom is -0.317 e. The van der Waals surface area contributed by atoms with Crippen LogP contribution in [0.5, 0.6) is 0 Å². The van der Waals surface area contributed by atoms with Gasteiger partial charge in [0.2, 0.25) is 0 Å². The number of benzene rings is 2. The van der Waals surface area contributed by atoms with Crippen LogP contribution >= 0.6 is 15.9 Å². The average molecular weight is 348 g/mol. The molecule has 0 heterocycles. The quantitative estimate of drug-likeness (QED) is 0.808. The minimum atomic E-state index is -1.29. The van der Waals surface area contributed by atoms with Crippen LogP contribution in [0.1, 0.15) is 10.4 Å². The number of amides is 1. The number of rotatable bonds is 2. The predicted molar refractivity (Wildman–Crippen MR) is 68.4 cm³/mol. The largest absolute Gasteiger partial charge is 0.317 e. The Morgan fingerprint density at radius 2 is 1.55 bits per heavy atom. The maximum Gasteiger partial charge on any atom is 0.258 e. The van der Waals surface area contributed by atoms with Gasteiger partial charge < -0.3 is 5.32 Å². The van der Waals surface area contributed by atoms with Crippen LogP contribution in [0.4, 0.5) is 23.2 Å². The number of halogens is 5. The Morgan fingerprint density at radius 3 is 2.15 bits per heavy atom. The molecule has 20 heavy (non-hydrogen) atoms. The lowest BCUT2D eigenvalue weighted by Crippen LogP contribution is -2.16. The van der Waals surface area contributed by atoms with E-state index in [0.29, 0.717) is 16.6 Å². The van der Waals surface area contributed by atoms with Gasteiger partial charge in [0.25, 0.3) is 5.91 Å². The molecule has 0 spiro atoms. The summed E-state index contributed by atoms with van der Waals surface area (Å²) in [5, 5.41) is 1.87. The van der Waals surface area contributed by atoms with Crippen LogP contribution in [0.25, 0.3) is 0 Å². The van der Waals surface area contributed by atoms with E-state index < -0.39 is 40.4 Å². The van der Waals surface area contributed by atoms with E-state index in [-0.39, 0.29) is 0 Å². The molecule has 2 aromatic rings. The molecule has 0 radical (unpaired) electrons. The molecule has 2 aromatic carbocycles. The molecule has 2 rings (SSSR count). The molecule has 0 saturated carbocycles. The highest BCUT2D eigenvalue weighted by atomic mass is 79.9. The van der Waals surface area contributed by atoms with Crippen molar-refractivity contribution in [3.63, 3.8) is 0 Å². The summed E-state index contributed by atoms with van der Waals surface area (Å²) >= 11 is 3.04. The topological polar surface area (TPSA) is 29.1 Å². The summed E-state index contributed by atoms with van der Waals surface area (Å²) < 4.78 is 53.3. The van der Waals surface area contributed by atoms with Gasteiger partial charge in [-0.05, 0) is 18.2 Å². The van der Waals surface area contributed by atoms with Crippen molar-refractivity contribution in [2.45, 2.75) is 0 Å². The van der Waals surface area contributed by atoms with Crippen LogP contribution in [0, 0.1) is 23.3 Å². The molecule has 0 aliphatic rings. The third kappa shape index (κ3) is 2.98. The Balaban J connectivity index is 2.35. The monoisotopic (exact) mass is 347 g/mol. The van der Waals surface area contributed by atoms with Crippen molar-refractivity contribution in [1.82, 2.24) is 0 Å². The van der Waals surface area contributed by atoms with Crippen LogP contribution in [-0.2, 0) is 0 Å². The molecule has 0 bridgehead atoms. The van der Waals surface area contributed by atoms with Gasteiger partial charge in [-0.2, -0.15) is 0 Å². The van der Waals surface area contributed by atoms with Crippen LogP contribution in [0.3, 0.4) is 0 Å². The van der Waals surface area contributed by atoms with Gasteiger partial charge >= 0.3 is 0 Å². The summed E-state index contributed by atoms with van der Waals surface area (Å²) in [5.41, 5.74) is -1.24. The van der Waals surface area contributed by atoms with Crippen molar-refractivity contribution >= 4 is 27.5 Å². The Hall–Kier alpha value is -1.89. The van der Waals surface area contributed by atoms with Gasteiger partial charge in [0.05, 0.1) is 5.56 Å². The zero-order chi connectivity index (χ0) is 14.9. The summed E-state index contributed by atoms with van der Waals surface area (Å²) in [7, 11) is 0. The lowest BCUT2D eigenvalue weighted by Gasteiger charge is -2.08. The third-order valence-corrected chi connectivity index (χ3v) is 2.91. The zero-order valence-corrected chi connectivity index (χ0v) is 11.3. The summed E-state index contributed by atoms with van der Waals surface area (Å²) in [6.07, 6.45) is 0. The maximum absolute atomic E-state index is 13.5. The van der Waals surface area contributed by atoms with Crippen LogP contribution in [-0.4, -0.2) is 5.91 Å². The Morgan fingerprint density at radius 1 is 0.950 bits per heavy atom. The molecule has 104 valence electrons. The molecular formula is C13H6BrF4NO. The standard InChI is InChI=1S/C13H6BrF4NO/c14-6-1-2-9(16)8(3-6)13(20)19-12-10(17)4-7(15)5-11(12)18/h1-5H,(H,19,20). The Kier molecular flexibility index (Phi) is 4.08. The molecule has 0 aliphatic heterocycles. The fourth-order valence-corrected chi connectivity index (χ4v) is 1.88. The normalized spacial score (nSPS) is 10.4. The molecule has 1 N–H and O–H groups in total. The third-order valence-electron chi connectivity index (χ3n) is 2.42. The Labute approximate surface area is 119 Å². The highest BCUT2D eigenvalue weighted by molar-refractivity contribution is 9.10. The Bertz CT molecular complexity index is 667. The summed E-state index contributed by atoms with van der Waals surface area (Å²) in [4.78, 5) is 11.8. The van der Waals surface area contributed by atoms with E-state index in [9.17, 15) is 22.4 Å². The van der Waals surface area contributed by atoms with Crippen molar-refractivity contribution in [3.8, 4) is 0 Å². The van der Waals surface area contributed by atoms with E-state index >= 15 is 0 Å². The smallest absolute Gasteiger partial charge is 0.258 e. The summed E-state index contributed by atoms with van der Waals surface area (Å²) in [6, 6.07) is 4.37. The second-order valence-corrected chi connectivity index (χ2v) is 4.74. The molecule has 7 heteroatoms. The number of hydrogen-bond donors (Lipinski definition) is 1. The second-order valence-electron chi connectivity index (χ2n) is 3.82. The zero-order valence-electron chi connectivity index (χ0n) is 9.68. The average Bonchev–Trinajstić information content (AvgIpc) is 2.36. The SMILES string of the molecule is O=C(Nc1c(F)cc(F)cc1F)c1cc(Br)ccc1F. The lowest BCUT2D eigenvalue weighted by molar-refractivity contribution is 0.102. The van der Waals surface area contributed by atoms with Gasteiger partial charge in [0.1, 0.15) is 17.3 Å². The maximum atomic E-state index is 13.5. The van der Waals surface area contributed by atoms with Crippen molar-refractivity contribution < 1.29 is 22.4 Å². The van der Waals surface area contributed by atoms with E-state index in [2.05, 4.69) is 15.9 Å². The summed E-state index contributed by atoms with van der Waals surface area (Å²) in [5.74, 6) is -5.59. The van der Waals surface area contributed by atoms with E-state index in [1.54, 1.807) is 0 Å².